The molecule has 0 unspecified atom stereocenters. The zero-order valence-electron chi connectivity index (χ0n) is 16.8. The molecule has 4 aromatic rings. The van der Waals surface area contributed by atoms with Gasteiger partial charge in [0.25, 0.3) is 5.91 Å². The van der Waals surface area contributed by atoms with E-state index in [1.165, 1.54) is 0 Å². The zero-order valence-corrected chi connectivity index (χ0v) is 16.8. The van der Waals surface area contributed by atoms with Crippen LogP contribution in [-0.4, -0.2) is 30.3 Å². The second-order valence-electron chi connectivity index (χ2n) is 6.67. The molecule has 0 aliphatic carbocycles. The van der Waals surface area contributed by atoms with E-state index in [1.54, 1.807) is 14.2 Å². The van der Waals surface area contributed by atoms with Crippen molar-refractivity contribution in [1.29, 1.82) is 0 Å². The lowest BCUT2D eigenvalue weighted by atomic mass is 10.0. The lowest BCUT2D eigenvalue weighted by molar-refractivity contribution is 0.0952. The first kappa shape index (κ1) is 19.4. The molecule has 0 aliphatic rings. The predicted molar refractivity (Wildman–Crippen MR) is 116 cm³/mol. The van der Waals surface area contributed by atoms with Crippen LogP contribution in [-0.2, 0) is 6.54 Å². The highest BCUT2D eigenvalue weighted by Gasteiger charge is 2.19. The molecule has 6 heteroatoms. The fraction of sp³-hybridized carbons (Fsp3) is 0.125. The van der Waals surface area contributed by atoms with Crippen LogP contribution in [0, 0.1) is 0 Å². The van der Waals surface area contributed by atoms with E-state index >= 15 is 0 Å². The van der Waals surface area contributed by atoms with Gasteiger partial charge in [-0.05, 0) is 24.3 Å². The maximum Gasteiger partial charge on any atom is 0.254 e. The van der Waals surface area contributed by atoms with Crippen molar-refractivity contribution in [2.75, 3.05) is 14.2 Å². The van der Waals surface area contributed by atoms with Crippen molar-refractivity contribution in [2.45, 2.75) is 6.54 Å². The number of carbonyl (C=O) groups is 1. The molecular formula is C24H21N3O3. The van der Waals surface area contributed by atoms with E-state index in [2.05, 4.69) is 15.5 Å². The van der Waals surface area contributed by atoms with Gasteiger partial charge in [0, 0.05) is 23.1 Å². The van der Waals surface area contributed by atoms with Crippen LogP contribution >= 0.6 is 0 Å². The molecule has 1 aromatic heterocycles. The number of nitrogens with one attached hydrogen (secondary N) is 1. The first-order chi connectivity index (χ1) is 14.7. The Morgan fingerprint density at radius 3 is 2.43 bits per heavy atom. The number of fused-ring (bicyclic) bond motifs is 1. The normalized spacial score (nSPS) is 10.6. The smallest absolute Gasteiger partial charge is 0.254 e. The summed E-state index contributed by atoms with van der Waals surface area (Å²) >= 11 is 0. The third-order valence-corrected chi connectivity index (χ3v) is 4.87. The second-order valence-corrected chi connectivity index (χ2v) is 6.67. The van der Waals surface area contributed by atoms with Gasteiger partial charge in [-0.1, -0.05) is 48.5 Å². The van der Waals surface area contributed by atoms with Crippen LogP contribution in [0.3, 0.4) is 0 Å². The van der Waals surface area contributed by atoms with Gasteiger partial charge in [-0.2, -0.15) is 0 Å². The summed E-state index contributed by atoms with van der Waals surface area (Å²) < 4.78 is 10.7. The maximum absolute atomic E-state index is 13.3. The monoisotopic (exact) mass is 399 g/mol. The van der Waals surface area contributed by atoms with Crippen molar-refractivity contribution >= 4 is 16.8 Å². The van der Waals surface area contributed by atoms with Crippen LogP contribution in [0.15, 0.2) is 72.8 Å². The predicted octanol–water partition coefficient (Wildman–Crippen LogP) is 4.24. The van der Waals surface area contributed by atoms with Crippen molar-refractivity contribution < 1.29 is 14.3 Å². The topological polar surface area (TPSA) is 73.3 Å². The molecule has 0 aliphatic heterocycles. The molecule has 4 rings (SSSR count). The molecule has 0 spiro atoms. The highest BCUT2D eigenvalue weighted by Crippen LogP contribution is 2.28. The number of nitrogens with zero attached hydrogens (tertiary/aromatic N) is 2. The van der Waals surface area contributed by atoms with Gasteiger partial charge in [-0.3, -0.25) is 4.79 Å². The lowest BCUT2D eigenvalue weighted by Gasteiger charge is -2.14. The van der Waals surface area contributed by atoms with E-state index in [4.69, 9.17) is 9.47 Å². The number of rotatable bonds is 6. The number of aromatic nitrogens is 2. The molecule has 0 radical (unpaired) electrons. The Morgan fingerprint density at radius 2 is 1.67 bits per heavy atom. The van der Waals surface area contributed by atoms with Crippen LogP contribution in [0.5, 0.6) is 11.5 Å². The molecule has 6 nitrogen and oxygen atoms in total. The molecule has 0 saturated carbocycles. The molecule has 150 valence electrons. The standard InChI is InChI=1S/C24H21N3O3/c1-29-18-12-13-21(30-2)17(14-18)15-25-24(28)22-19-10-6-7-11-20(19)26-27-23(22)16-8-4-3-5-9-16/h3-14H,15H2,1-2H3,(H,25,28). The molecule has 30 heavy (non-hydrogen) atoms. The number of carbonyl (C=O) groups excluding carboxylic acids is 1. The van der Waals surface area contributed by atoms with E-state index in [0.29, 0.717) is 28.3 Å². The Labute approximate surface area is 174 Å². The number of ether oxygens (including phenoxy) is 2. The van der Waals surface area contributed by atoms with E-state index in [0.717, 1.165) is 16.5 Å². The highest BCUT2D eigenvalue weighted by atomic mass is 16.5. The first-order valence-electron chi connectivity index (χ1n) is 9.51. The van der Waals surface area contributed by atoms with Crippen LogP contribution in [0.4, 0.5) is 0 Å². The van der Waals surface area contributed by atoms with Gasteiger partial charge >= 0.3 is 0 Å². The zero-order chi connectivity index (χ0) is 20.9. The third kappa shape index (κ3) is 3.80. The summed E-state index contributed by atoms with van der Waals surface area (Å²) in [6.45, 7) is 0.282. The van der Waals surface area contributed by atoms with Crippen molar-refractivity contribution in [1.82, 2.24) is 15.5 Å². The summed E-state index contributed by atoms with van der Waals surface area (Å²) in [6.07, 6.45) is 0. The molecule has 1 heterocycles. The Hall–Kier alpha value is -3.93. The van der Waals surface area contributed by atoms with Crippen molar-refractivity contribution in [2.24, 2.45) is 0 Å². The number of hydrogen-bond donors (Lipinski definition) is 1. The highest BCUT2D eigenvalue weighted by molar-refractivity contribution is 6.10. The molecule has 3 aromatic carbocycles. The van der Waals surface area contributed by atoms with Crippen molar-refractivity contribution in [3.63, 3.8) is 0 Å². The Morgan fingerprint density at radius 1 is 0.900 bits per heavy atom. The largest absolute Gasteiger partial charge is 0.497 e. The maximum atomic E-state index is 13.3. The van der Waals surface area contributed by atoms with Crippen LogP contribution < -0.4 is 14.8 Å². The molecule has 0 saturated heterocycles. The first-order valence-corrected chi connectivity index (χ1v) is 9.51. The molecular weight excluding hydrogens is 378 g/mol. The van der Waals surface area contributed by atoms with Crippen LogP contribution in [0.25, 0.3) is 22.2 Å². The second kappa shape index (κ2) is 8.61. The van der Waals surface area contributed by atoms with E-state index in [9.17, 15) is 4.79 Å². The van der Waals surface area contributed by atoms with Gasteiger partial charge in [0.1, 0.15) is 17.2 Å². The van der Waals surface area contributed by atoms with Crippen LogP contribution in [0.2, 0.25) is 0 Å². The minimum absolute atomic E-state index is 0.232. The fourth-order valence-electron chi connectivity index (χ4n) is 3.37. The molecule has 1 amide bonds. The Balaban J connectivity index is 1.73. The average molecular weight is 399 g/mol. The Bertz CT molecular complexity index is 1190. The van der Waals surface area contributed by atoms with Gasteiger partial charge in [0.15, 0.2) is 0 Å². The quantitative estimate of drug-likeness (QED) is 0.525. The molecule has 0 bridgehead atoms. The molecule has 1 N–H and O–H groups in total. The summed E-state index contributed by atoms with van der Waals surface area (Å²) in [4.78, 5) is 13.3. The van der Waals surface area contributed by atoms with Gasteiger partial charge in [0.05, 0.1) is 25.3 Å². The summed E-state index contributed by atoms with van der Waals surface area (Å²) in [5, 5.41) is 12.4. The van der Waals surface area contributed by atoms with Gasteiger partial charge in [-0.25, -0.2) is 0 Å². The minimum atomic E-state index is -0.232. The van der Waals surface area contributed by atoms with Crippen molar-refractivity contribution in [3.05, 3.63) is 83.9 Å². The third-order valence-electron chi connectivity index (χ3n) is 4.87. The summed E-state index contributed by atoms with van der Waals surface area (Å²) in [6, 6.07) is 22.6. The van der Waals surface area contributed by atoms with E-state index < -0.39 is 0 Å². The van der Waals surface area contributed by atoms with Crippen molar-refractivity contribution in [3.8, 4) is 22.8 Å². The Kier molecular flexibility index (Phi) is 5.57. The van der Waals surface area contributed by atoms with Gasteiger partial charge < -0.3 is 14.8 Å². The number of benzene rings is 3. The number of methoxy groups -OCH3 is 2. The van der Waals surface area contributed by atoms with Gasteiger partial charge in [-0.15, -0.1) is 10.2 Å². The molecule has 0 fully saturated rings. The van der Waals surface area contributed by atoms with Crippen LogP contribution in [0.1, 0.15) is 15.9 Å². The lowest BCUT2D eigenvalue weighted by Crippen LogP contribution is -2.24. The fourth-order valence-corrected chi connectivity index (χ4v) is 3.37. The summed E-state index contributed by atoms with van der Waals surface area (Å²) in [5.74, 6) is 1.14. The van der Waals surface area contributed by atoms with E-state index in [-0.39, 0.29) is 12.5 Å². The number of hydrogen-bond acceptors (Lipinski definition) is 5. The van der Waals surface area contributed by atoms with Gasteiger partial charge in [0.2, 0.25) is 0 Å². The summed E-state index contributed by atoms with van der Waals surface area (Å²) in [5.41, 5.74) is 3.36. The van der Waals surface area contributed by atoms with E-state index in [1.807, 2.05) is 72.8 Å². The summed E-state index contributed by atoms with van der Waals surface area (Å²) in [7, 11) is 3.20. The minimum Gasteiger partial charge on any atom is -0.497 e. The average Bonchev–Trinajstić information content (AvgIpc) is 2.82. The molecule has 0 atom stereocenters. The number of amides is 1. The SMILES string of the molecule is COc1ccc(OC)c(CNC(=O)c2c(-c3ccccc3)nnc3ccccc23)c1.